The topological polar surface area (TPSA) is 55.4 Å². The number of carbonyl (C=O) groups excluding carboxylic acids is 2. The highest BCUT2D eigenvalue weighted by molar-refractivity contribution is 6.16. The van der Waals surface area contributed by atoms with E-state index < -0.39 is 11.9 Å². The predicted octanol–water partition coefficient (Wildman–Crippen LogP) is 2.90. The Morgan fingerprint density at radius 3 is 2.17 bits per heavy atom. The number of benzene rings is 3. The molecule has 0 saturated carbocycles. The van der Waals surface area contributed by atoms with Gasteiger partial charge in [0.15, 0.2) is 6.61 Å². The van der Waals surface area contributed by atoms with Gasteiger partial charge in [0, 0.05) is 0 Å². The number of esters is 1. The Morgan fingerprint density at radius 1 is 1.00 bits per heavy atom. The lowest BCUT2D eigenvalue weighted by Crippen LogP contribution is -2.29. The number of nitrogens with one attached hydrogen (secondary N) is 1. The van der Waals surface area contributed by atoms with E-state index in [1.807, 2.05) is 54.6 Å². The van der Waals surface area contributed by atoms with E-state index in [1.54, 1.807) is 0 Å². The van der Waals surface area contributed by atoms with Crippen molar-refractivity contribution in [2.45, 2.75) is 0 Å². The van der Waals surface area contributed by atoms with Crippen LogP contribution in [-0.4, -0.2) is 25.0 Å². The number of hydrogen-bond donors (Lipinski definition) is 1. The second-order valence-corrected chi connectivity index (χ2v) is 5.25. The molecule has 0 heterocycles. The summed E-state index contributed by atoms with van der Waals surface area (Å²) < 4.78 is 5.18. The molecule has 3 aromatic rings. The number of fused-ring (bicyclic) bond motifs is 2. The van der Waals surface area contributed by atoms with Crippen LogP contribution < -0.4 is 5.32 Å². The third-order valence-corrected chi connectivity index (χ3v) is 3.70. The summed E-state index contributed by atoms with van der Waals surface area (Å²) in [6.45, 7) is -0.258. The average molecular weight is 317 g/mol. The van der Waals surface area contributed by atoms with Crippen molar-refractivity contribution >= 4 is 33.4 Å². The van der Waals surface area contributed by atoms with E-state index in [9.17, 15) is 9.59 Å². The summed E-state index contributed by atoms with van der Waals surface area (Å²) in [7, 11) is 0. The molecule has 0 aromatic heterocycles. The monoisotopic (exact) mass is 317 g/mol. The highest BCUT2D eigenvalue weighted by Crippen LogP contribution is 2.28. The molecule has 1 amide bonds. The van der Waals surface area contributed by atoms with Crippen LogP contribution in [0.1, 0.15) is 10.4 Å². The molecule has 0 saturated heterocycles. The molecule has 0 spiro atoms. The second-order valence-electron chi connectivity index (χ2n) is 5.25. The van der Waals surface area contributed by atoms with Gasteiger partial charge in [0.1, 0.15) is 0 Å². The molecule has 0 aliphatic carbocycles. The first-order chi connectivity index (χ1) is 11.7. The maximum absolute atomic E-state index is 12.6. The van der Waals surface area contributed by atoms with Crippen LogP contribution in [0, 0.1) is 12.3 Å². The molecule has 0 aliphatic heterocycles. The molecular weight excluding hydrogens is 302 g/mol. The SMILES string of the molecule is C#CCNC(=O)COC(=O)c1c2ccccc2cc2ccccc12. The Labute approximate surface area is 139 Å². The first-order valence-corrected chi connectivity index (χ1v) is 7.48. The third-order valence-electron chi connectivity index (χ3n) is 3.70. The molecule has 3 rings (SSSR count). The van der Waals surface area contributed by atoms with E-state index >= 15 is 0 Å². The van der Waals surface area contributed by atoms with E-state index in [0.717, 1.165) is 21.5 Å². The van der Waals surface area contributed by atoms with Gasteiger partial charge in [-0.3, -0.25) is 4.79 Å². The summed E-state index contributed by atoms with van der Waals surface area (Å²) in [5.41, 5.74) is 0.466. The summed E-state index contributed by atoms with van der Waals surface area (Å²) >= 11 is 0. The molecule has 0 bridgehead atoms. The van der Waals surface area contributed by atoms with Crippen molar-refractivity contribution in [1.29, 1.82) is 0 Å². The van der Waals surface area contributed by atoms with Crippen molar-refractivity contribution in [3.63, 3.8) is 0 Å². The van der Waals surface area contributed by atoms with Crippen molar-refractivity contribution in [1.82, 2.24) is 5.32 Å². The van der Waals surface area contributed by atoms with E-state index in [-0.39, 0.29) is 13.2 Å². The summed E-state index contributed by atoms with van der Waals surface area (Å²) in [6, 6.07) is 17.2. The molecule has 0 unspecified atom stereocenters. The van der Waals surface area contributed by atoms with Gasteiger partial charge in [0.25, 0.3) is 5.91 Å². The maximum atomic E-state index is 12.6. The van der Waals surface area contributed by atoms with E-state index in [0.29, 0.717) is 5.56 Å². The van der Waals surface area contributed by atoms with Crippen LogP contribution in [0.5, 0.6) is 0 Å². The number of hydrogen-bond acceptors (Lipinski definition) is 3. The van der Waals surface area contributed by atoms with Crippen LogP contribution in [0.25, 0.3) is 21.5 Å². The zero-order valence-corrected chi connectivity index (χ0v) is 12.9. The smallest absolute Gasteiger partial charge is 0.339 e. The Balaban J connectivity index is 1.98. The van der Waals surface area contributed by atoms with Gasteiger partial charge < -0.3 is 10.1 Å². The maximum Gasteiger partial charge on any atom is 0.339 e. The molecule has 0 fully saturated rings. The Hall–Kier alpha value is -3.32. The van der Waals surface area contributed by atoms with Crippen LogP contribution in [0.15, 0.2) is 54.6 Å². The van der Waals surface area contributed by atoms with Gasteiger partial charge in [-0.2, -0.15) is 0 Å². The highest BCUT2D eigenvalue weighted by Gasteiger charge is 2.17. The van der Waals surface area contributed by atoms with Crippen molar-refractivity contribution in [2.24, 2.45) is 0 Å². The molecule has 0 radical (unpaired) electrons. The lowest BCUT2D eigenvalue weighted by molar-refractivity contribution is -0.123. The fourth-order valence-corrected chi connectivity index (χ4v) is 2.64. The van der Waals surface area contributed by atoms with Gasteiger partial charge in [-0.1, -0.05) is 54.5 Å². The molecular formula is C20H15NO3. The normalized spacial score (nSPS) is 10.3. The zero-order valence-electron chi connectivity index (χ0n) is 12.9. The van der Waals surface area contributed by atoms with Crippen molar-refractivity contribution in [2.75, 3.05) is 13.2 Å². The van der Waals surface area contributed by atoms with Crippen LogP contribution in [0.3, 0.4) is 0 Å². The van der Waals surface area contributed by atoms with Crippen molar-refractivity contribution in [3.05, 3.63) is 60.2 Å². The van der Waals surface area contributed by atoms with E-state index in [1.165, 1.54) is 0 Å². The van der Waals surface area contributed by atoms with Crippen LogP contribution in [0.4, 0.5) is 0 Å². The zero-order chi connectivity index (χ0) is 16.9. The number of ether oxygens (including phenoxy) is 1. The van der Waals surface area contributed by atoms with Gasteiger partial charge in [-0.25, -0.2) is 4.79 Å². The summed E-state index contributed by atoms with van der Waals surface area (Å²) in [4.78, 5) is 24.2. The minimum atomic E-state index is -0.529. The fraction of sp³-hybridized carbons (Fsp3) is 0.100. The van der Waals surface area contributed by atoms with Crippen molar-refractivity contribution < 1.29 is 14.3 Å². The summed E-state index contributed by atoms with van der Waals surface area (Å²) in [6.07, 6.45) is 5.08. The second kappa shape index (κ2) is 6.84. The molecule has 24 heavy (non-hydrogen) atoms. The Bertz CT molecular complexity index is 915. The van der Waals surface area contributed by atoms with Gasteiger partial charge in [0.2, 0.25) is 0 Å². The first kappa shape index (κ1) is 15.6. The fourth-order valence-electron chi connectivity index (χ4n) is 2.64. The first-order valence-electron chi connectivity index (χ1n) is 7.48. The Morgan fingerprint density at radius 2 is 1.58 bits per heavy atom. The highest BCUT2D eigenvalue weighted by atomic mass is 16.5. The standard InChI is InChI=1S/C20H15NO3/c1-2-11-21-18(22)13-24-20(23)19-16-9-5-3-7-14(16)12-15-8-4-6-10-17(15)19/h1,3-10,12H,11,13H2,(H,21,22). The molecule has 118 valence electrons. The van der Waals surface area contributed by atoms with Gasteiger partial charge in [0.05, 0.1) is 12.1 Å². The number of amides is 1. The van der Waals surface area contributed by atoms with E-state index in [4.69, 9.17) is 11.2 Å². The van der Waals surface area contributed by atoms with Crippen LogP contribution >= 0.6 is 0 Å². The van der Waals surface area contributed by atoms with Gasteiger partial charge >= 0.3 is 5.97 Å². The average Bonchev–Trinajstić information content (AvgIpc) is 2.62. The summed E-state index contributed by atoms with van der Waals surface area (Å²) in [5.74, 6) is 1.34. The molecule has 4 heteroatoms. The van der Waals surface area contributed by atoms with Crippen molar-refractivity contribution in [3.8, 4) is 12.3 Å². The van der Waals surface area contributed by atoms with Crippen LogP contribution in [0.2, 0.25) is 0 Å². The molecule has 4 nitrogen and oxygen atoms in total. The van der Waals surface area contributed by atoms with E-state index in [2.05, 4.69) is 11.2 Å². The van der Waals surface area contributed by atoms with Gasteiger partial charge in [-0.15, -0.1) is 6.42 Å². The molecule has 3 aromatic carbocycles. The number of carbonyl (C=O) groups is 2. The quantitative estimate of drug-likeness (QED) is 0.457. The molecule has 0 aliphatic rings. The number of rotatable bonds is 4. The molecule has 1 N–H and O–H groups in total. The van der Waals surface area contributed by atoms with Crippen LogP contribution in [-0.2, 0) is 9.53 Å². The lowest BCUT2D eigenvalue weighted by atomic mass is 9.97. The third kappa shape index (κ3) is 3.06. The largest absolute Gasteiger partial charge is 0.452 e. The summed E-state index contributed by atoms with van der Waals surface area (Å²) in [5, 5.41) is 5.94. The minimum Gasteiger partial charge on any atom is -0.452 e. The van der Waals surface area contributed by atoms with Gasteiger partial charge in [-0.05, 0) is 27.6 Å². The number of terminal acetylenes is 1. The Kier molecular flexibility index (Phi) is 4.44. The molecule has 0 atom stereocenters. The lowest BCUT2D eigenvalue weighted by Gasteiger charge is -2.11. The predicted molar refractivity (Wildman–Crippen MR) is 93.6 cm³/mol. The minimum absolute atomic E-state index is 0.105.